The number of methoxy groups -OCH3 is 3. The number of hydrogen-bond donors (Lipinski definition) is 1. The topological polar surface area (TPSA) is 88.5 Å². The van der Waals surface area contributed by atoms with Crippen molar-refractivity contribution in [2.75, 3.05) is 48.5 Å². The summed E-state index contributed by atoms with van der Waals surface area (Å²) in [5, 5.41) is 11.2. The van der Waals surface area contributed by atoms with Crippen LogP contribution in [0, 0.1) is 0 Å². The first kappa shape index (κ1) is 24.1. The van der Waals surface area contributed by atoms with Gasteiger partial charge in [-0.15, -0.1) is 0 Å². The zero-order chi connectivity index (χ0) is 24.1. The molecule has 33 heavy (non-hydrogen) atoms. The zero-order valence-corrected chi connectivity index (χ0v) is 19.6. The number of aliphatic hydroxyl groups excluding tert-OH is 1. The van der Waals surface area contributed by atoms with Crippen molar-refractivity contribution in [3.05, 3.63) is 59.2 Å². The lowest BCUT2D eigenvalue weighted by Gasteiger charge is -2.27. The van der Waals surface area contributed by atoms with Crippen molar-refractivity contribution in [1.29, 1.82) is 0 Å². The van der Waals surface area contributed by atoms with Crippen molar-refractivity contribution in [3.63, 3.8) is 0 Å². The van der Waals surface area contributed by atoms with Crippen molar-refractivity contribution in [3.8, 4) is 17.2 Å². The predicted octanol–water partition coefficient (Wildman–Crippen LogP) is 3.09. The monoisotopic (exact) mass is 454 g/mol. The van der Waals surface area contributed by atoms with Crippen LogP contribution in [0.3, 0.4) is 0 Å². The quantitative estimate of drug-likeness (QED) is 0.354. The minimum Gasteiger partial charge on any atom is -0.507 e. The molecule has 1 N–H and O–H groups in total. The molecule has 0 aromatic heterocycles. The van der Waals surface area contributed by atoms with E-state index >= 15 is 0 Å². The van der Waals surface area contributed by atoms with E-state index in [1.807, 2.05) is 19.0 Å². The van der Waals surface area contributed by atoms with Crippen molar-refractivity contribution >= 4 is 17.4 Å². The Morgan fingerprint density at radius 1 is 1.03 bits per heavy atom. The zero-order valence-electron chi connectivity index (χ0n) is 19.6. The van der Waals surface area contributed by atoms with Crippen LogP contribution in [0.4, 0.5) is 0 Å². The van der Waals surface area contributed by atoms with Crippen molar-refractivity contribution in [2.45, 2.75) is 12.5 Å². The lowest BCUT2D eigenvalue weighted by atomic mass is 9.94. The molecule has 0 radical (unpaired) electrons. The summed E-state index contributed by atoms with van der Waals surface area (Å²) < 4.78 is 16.3. The number of hydrogen-bond acceptors (Lipinski definition) is 7. The molecule has 8 nitrogen and oxygen atoms in total. The lowest BCUT2D eigenvalue weighted by molar-refractivity contribution is -0.140. The summed E-state index contributed by atoms with van der Waals surface area (Å²) in [4.78, 5) is 29.8. The van der Waals surface area contributed by atoms with Crippen molar-refractivity contribution in [2.24, 2.45) is 0 Å². The average molecular weight is 455 g/mol. The predicted molar refractivity (Wildman–Crippen MR) is 125 cm³/mol. The number of rotatable bonds is 9. The summed E-state index contributed by atoms with van der Waals surface area (Å²) in [5.74, 6) is -0.272. The molecule has 1 aliphatic rings. The van der Waals surface area contributed by atoms with Crippen LogP contribution in [0.15, 0.2) is 48.0 Å². The van der Waals surface area contributed by atoms with E-state index in [0.29, 0.717) is 41.3 Å². The van der Waals surface area contributed by atoms with Gasteiger partial charge in [0.15, 0.2) is 11.5 Å². The van der Waals surface area contributed by atoms with E-state index in [9.17, 15) is 14.7 Å². The van der Waals surface area contributed by atoms with Gasteiger partial charge in [-0.3, -0.25) is 9.59 Å². The van der Waals surface area contributed by atoms with Crippen LogP contribution < -0.4 is 14.2 Å². The Hall–Kier alpha value is -3.52. The van der Waals surface area contributed by atoms with E-state index in [4.69, 9.17) is 14.2 Å². The number of benzene rings is 2. The fraction of sp³-hybridized carbons (Fsp3) is 0.360. The number of aliphatic hydroxyl groups is 1. The number of likely N-dealkylation sites (tertiary alicyclic amines) is 1. The molecule has 0 spiro atoms. The molecule has 1 saturated heterocycles. The molecular formula is C25H30N2O6. The van der Waals surface area contributed by atoms with E-state index < -0.39 is 17.7 Å². The van der Waals surface area contributed by atoms with Gasteiger partial charge in [0.05, 0.1) is 32.9 Å². The van der Waals surface area contributed by atoms with Gasteiger partial charge in [0.1, 0.15) is 11.5 Å². The highest BCUT2D eigenvalue weighted by Crippen LogP contribution is 2.45. The third kappa shape index (κ3) is 4.80. The second-order valence-corrected chi connectivity index (χ2v) is 7.96. The second kappa shape index (κ2) is 10.4. The Morgan fingerprint density at radius 3 is 2.39 bits per heavy atom. The normalized spacial score (nSPS) is 17.5. The van der Waals surface area contributed by atoms with E-state index in [-0.39, 0.29) is 11.3 Å². The molecule has 2 aromatic carbocycles. The molecule has 3 rings (SSSR count). The fourth-order valence-electron chi connectivity index (χ4n) is 4.04. The van der Waals surface area contributed by atoms with Crippen LogP contribution >= 0.6 is 0 Å². The number of Topliss-reactive ketones (excluding diaryl/α,β-unsaturated/α-hetero) is 1. The smallest absolute Gasteiger partial charge is 0.295 e. The third-order valence-corrected chi connectivity index (χ3v) is 5.62. The third-order valence-electron chi connectivity index (χ3n) is 5.62. The van der Waals surface area contributed by atoms with Crippen LogP contribution in [0.2, 0.25) is 0 Å². The standard InChI is InChI=1S/C25H30N2O6/c1-26(2)13-8-14-27-21(18-11-7-12-19(32-4)24(18)33-5)20(23(29)25(27)30)22(28)16-9-6-10-17(15-16)31-3/h6-7,9-12,15,21,28H,8,13-14H2,1-5H3/b22-20+/t21-/m1/s1. The van der Waals surface area contributed by atoms with Gasteiger partial charge in [-0.2, -0.15) is 0 Å². The maximum Gasteiger partial charge on any atom is 0.295 e. The highest BCUT2D eigenvalue weighted by molar-refractivity contribution is 6.46. The fourth-order valence-corrected chi connectivity index (χ4v) is 4.04. The molecule has 176 valence electrons. The van der Waals surface area contributed by atoms with E-state index in [1.165, 1.54) is 26.2 Å². The summed E-state index contributed by atoms with van der Waals surface area (Å²) in [5.41, 5.74) is 0.947. The summed E-state index contributed by atoms with van der Waals surface area (Å²) >= 11 is 0. The van der Waals surface area contributed by atoms with Gasteiger partial charge < -0.3 is 29.1 Å². The largest absolute Gasteiger partial charge is 0.507 e. The van der Waals surface area contributed by atoms with Crippen LogP contribution in [-0.2, 0) is 9.59 Å². The Balaban J connectivity index is 2.20. The number of ketones is 1. The number of nitrogens with zero attached hydrogens (tertiary/aromatic N) is 2. The van der Waals surface area contributed by atoms with Gasteiger partial charge in [-0.1, -0.05) is 24.3 Å². The second-order valence-electron chi connectivity index (χ2n) is 7.96. The highest BCUT2D eigenvalue weighted by Gasteiger charge is 2.47. The SMILES string of the molecule is COc1cccc(/C(O)=C2\C(=O)C(=O)N(CCCN(C)C)[C@@H]2c2cccc(OC)c2OC)c1. The molecule has 1 fully saturated rings. The molecule has 1 aliphatic heterocycles. The number of carbonyl (C=O) groups is 2. The van der Waals surface area contributed by atoms with E-state index in [1.54, 1.807) is 42.5 Å². The molecule has 2 aromatic rings. The van der Waals surface area contributed by atoms with Crippen molar-refractivity contribution in [1.82, 2.24) is 9.80 Å². The summed E-state index contributed by atoms with van der Waals surface area (Å²) in [6, 6.07) is 11.2. The van der Waals surface area contributed by atoms with Gasteiger partial charge >= 0.3 is 0 Å². The number of para-hydroxylation sites is 1. The first-order valence-electron chi connectivity index (χ1n) is 10.6. The van der Waals surface area contributed by atoms with Gasteiger partial charge in [0.25, 0.3) is 11.7 Å². The summed E-state index contributed by atoms with van der Waals surface area (Å²) in [7, 11) is 8.43. The molecule has 0 bridgehead atoms. The van der Waals surface area contributed by atoms with Crippen LogP contribution in [0.5, 0.6) is 17.2 Å². The molecule has 0 unspecified atom stereocenters. The molecule has 0 aliphatic carbocycles. The number of carbonyl (C=O) groups excluding carboxylic acids is 2. The van der Waals surface area contributed by atoms with Crippen LogP contribution in [0.1, 0.15) is 23.6 Å². The van der Waals surface area contributed by atoms with E-state index in [0.717, 1.165) is 6.54 Å². The molecule has 1 heterocycles. The van der Waals surface area contributed by atoms with Crippen LogP contribution in [0.25, 0.3) is 5.76 Å². The first-order valence-corrected chi connectivity index (χ1v) is 10.6. The van der Waals surface area contributed by atoms with Gasteiger partial charge in [0.2, 0.25) is 0 Å². The highest BCUT2D eigenvalue weighted by atomic mass is 16.5. The molecule has 1 atom stereocenters. The Kier molecular flexibility index (Phi) is 7.60. The van der Waals surface area contributed by atoms with Gasteiger partial charge in [0, 0.05) is 17.7 Å². The minimum absolute atomic E-state index is 0.00431. The Morgan fingerprint density at radius 2 is 1.76 bits per heavy atom. The Bertz CT molecular complexity index is 1060. The molecule has 1 amide bonds. The average Bonchev–Trinajstić information content (AvgIpc) is 3.07. The molecular weight excluding hydrogens is 424 g/mol. The van der Waals surface area contributed by atoms with Crippen molar-refractivity contribution < 1.29 is 28.9 Å². The maximum atomic E-state index is 13.2. The van der Waals surface area contributed by atoms with Gasteiger partial charge in [-0.25, -0.2) is 0 Å². The van der Waals surface area contributed by atoms with Gasteiger partial charge in [-0.05, 0) is 45.3 Å². The van der Waals surface area contributed by atoms with Crippen LogP contribution in [-0.4, -0.2) is 75.1 Å². The lowest BCUT2D eigenvalue weighted by Crippen LogP contribution is -2.32. The summed E-state index contributed by atoms with van der Waals surface area (Å²) in [6.45, 7) is 1.07. The Labute approximate surface area is 194 Å². The number of amides is 1. The molecule has 8 heteroatoms. The van der Waals surface area contributed by atoms with E-state index in [2.05, 4.69) is 0 Å². The summed E-state index contributed by atoms with van der Waals surface area (Å²) in [6.07, 6.45) is 0.655. The number of ether oxygens (including phenoxy) is 3. The maximum absolute atomic E-state index is 13.2. The molecule has 0 saturated carbocycles. The minimum atomic E-state index is -0.830. The first-order chi connectivity index (χ1) is 15.8.